The van der Waals surface area contributed by atoms with Crippen molar-refractivity contribution in [1.29, 1.82) is 0 Å². The van der Waals surface area contributed by atoms with Crippen LogP contribution in [0.5, 0.6) is 0 Å². The van der Waals surface area contributed by atoms with Crippen molar-refractivity contribution in [3.63, 3.8) is 0 Å². The molecule has 0 fully saturated rings. The summed E-state index contributed by atoms with van der Waals surface area (Å²) in [4.78, 5) is 0. The van der Waals surface area contributed by atoms with Crippen molar-refractivity contribution < 1.29 is 0 Å². The molecule has 1 N–H and O–H groups in total. The molecule has 0 spiro atoms. The van der Waals surface area contributed by atoms with E-state index >= 15 is 0 Å². The molecule has 0 atom stereocenters. The summed E-state index contributed by atoms with van der Waals surface area (Å²) < 4.78 is 0. The van der Waals surface area contributed by atoms with E-state index in [0.717, 1.165) is 19.5 Å². The van der Waals surface area contributed by atoms with E-state index in [1.165, 1.54) is 5.57 Å². The average molecular weight is 139 g/mol. The lowest BCUT2D eigenvalue weighted by Gasteiger charge is -1.96. The molecule has 0 heterocycles. The molecule has 58 valence electrons. The van der Waals surface area contributed by atoms with Crippen molar-refractivity contribution in [2.45, 2.75) is 20.3 Å². The lowest BCUT2D eigenvalue weighted by molar-refractivity contribution is 0.725. The molecule has 0 amide bonds. The van der Waals surface area contributed by atoms with Gasteiger partial charge in [-0.3, -0.25) is 0 Å². The summed E-state index contributed by atoms with van der Waals surface area (Å²) in [5.41, 5.74) is 1.26. The Morgan fingerprint density at radius 1 is 1.60 bits per heavy atom. The van der Waals surface area contributed by atoms with Crippen LogP contribution in [0.2, 0.25) is 0 Å². The number of hydrogen-bond donors (Lipinski definition) is 1. The molecule has 0 aliphatic carbocycles. The normalized spacial score (nSPS) is 11.6. The van der Waals surface area contributed by atoms with Gasteiger partial charge in [-0.15, -0.1) is 0 Å². The zero-order valence-corrected chi connectivity index (χ0v) is 6.98. The number of hydrogen-bond acceptors (Lipinski definition) is 1. The van der Waals surface area contributed by atoms with Gasteiger partial charge in [-0.2, -0.15) is 0 Å². The van der Waals surface area contributed by atoms with E-state index in [9.17, 15) is 0 Å². The van der Waals surface area contributed by atoms with Crippen LogP contribution in [0.4, 0.5) is 0 Å². The second kappa shape index (κ2) is 6.56. The van der Waals surface area contributed by atoms with E-state index < -0.39 is 0 Å². The van der Waals surface area contributed by atoms with Gasteiger partial charge in [0, 0.05) is 0 Å². The van der Waals surface area contributed by atoms with E-state index in [1.807, 2.05) is 6.08 Å². The Balaban J connectivity index is 3.24. The molecule has 10 heavy (non-hydrogen) atoms. The van der Waals surface area contributed by atoms with Crippen molar-refractivity contribution in [1.82, 2.24) is 5.32 Å². The van der Waals surface area contributed by atoms with Crippen molar-refractivity contribution in [2.75, 3.05) is 13.1 Å². The molecule has 0 rings (SSSR count). The summed E-state index contributed by atoms with van der Waals surface area (Å²) in [6, 6.07) is 0. The van der Waals surface area contributed by atoms with Gasteiger partial charge >= 0.3 is 0 Å². The maximum atomic E-state index is 3.67. The Morgan fingerprint density at radius 2 is 2.30 bits per heavy atom. The second-order valence-corrected chi connectivity index (χ2v) is 2.29. The Hall–Kier alpha value is -0.560. The zero-order chi connectivity index (χ0) is 7.82. The average Bonchev–Trinajstić information content (AvgIpc) is 1.98. The first-order chi connectivity index (χ1) is 4.81. The molecule has 0 aromatic rings. The summed E-state index contributed by atoms with van der Waals surface area (Å²) in [7, 11) is 0. The molecule has 0 saturated carbocycles. The molecule has 0 radical (unpaired) electrons. The molecule has 0 bridgehead atoms. The van der Waals surface area contributed by atoms with Crippen LogP contribution in [-0.4, -0.2) is 13.1 Å². The fourth-order valence-electron chi connectivity index (χ4n) is 0.662. The van der Waals surface area contributed by atoms with Crippen molar-refractivity contribution in [3.05, 3.63) is 24.3 Å². The van der Waals surface area contributed by atoms with E-state index in [-0.39, 0.29) is 0 Å². The fraction of sp³-hybridized carbons (Fsp3) is 0.556. The largest absolute Gasteiger partial charge is 0.317 e. The van der Waals surface area contributed by atoms with Crippen LogP contribution in [-0.2, 0) is 0 Å². The molecular weight excluding hydrogens is 122 g/mol. The third-order valence-electron chi connectivity index (χ3n) is 1.36. The highest BCUT2D eigenvalue weighted by atomic mass is 14.8. The van der Waals surface area contributed by atoms with Gasteiger partial charge < -0.3 is 5.32 Å². The zero-order valence-electron chi connectivity index (χ0n) is 6.98. The van der Waals surface area contributed by atoms with Gasteiger partial charge in [-0.25, -0.2) is 0 Å². The molecule has 1 heteroatoms. The van der Waals surface area contributed by atoms with Crippen LogP contribution in [0.25, 0.3) is 0 Å². The SMILES string of the molecule is C=C/C(C)=C/CCNCC. The summed E-state index contributed by atoms with van der Waals surface area (Å²) in [6.07, 6.45) is 5.17. The van der Waals surface area contributed by atoms with Gasteiger partial charge in [-0.1, -0.05) is 31.2 Å². The Kier molecular flexibility index (Phi) is 6.19. The molecular formula is C9H17N. The van der Waals surface area contributed by atoms with E-state index in [1.54, 1.807) is 0 Å². The highest BCUT2D eigenvalue weighted by Crippen LogP contribution is 1.93. The highest BCUT2D eigenvalue weighted by Gasteiger charge is 1.81. The summed E-state index contributed by atoms with van der Waals surface area (Å²) in [6.45, 7) is 9.98. The van der Waals surface area contributed by atoms with Crippen LogP contribution in [0.15, 0.2) is 24.3 Å². The van der Waals surface area contributed by atoms with Gasteiger partial charge in [0.15, 0.2) is 0 Å². The van der Waals surface area contributed by atoms with E-state index in [4.69, 9.17) is 0 Å². The van der Waals surface area contributed by atoms with E-state index in [0.29, 0.717) is 0 Å². The summed E-state index contributed by atoms with van der Waals surface area (Å²) in [5.74, 6) is 0. The summed E-state index contributed by atoms with van der Waals surface area (Å²) >= 11 is 0. The van der Waals surface area contributed by atoms with Gasteiger partial charge in [0.05, 0.1) is 0 Å². The molecule has 0 aliphatic rings. The van der Waals surface area contributed by atoms with Crippen LogP contribution in [0.1, 0.15) is 20.3 Å². The minimum Gasteiger partial charge on any atom is -0.317 e. The van der Waals surface area contributed by atoms with Crippen LogP contribution >= 0.6 is 0 Å². The van der Waals surface area contributed by atoms with Crippen molar-refractivity contribution >= 4 is 0 Å². The predicted molar refractivity (Wildman–Crippen MR) is 47.1 cm³/mol. The third-order valence-corrected chi connectivity index (χ3v) is 1.36. The quantitative estimate of drug-likeness (QED) is 0.454. The standard InChI is InChI=1S/C9H17N/c1-4-9(3)7-6-8-10-5-2/h4,7,10H,1,5-6,8H2,2-3H3/b9-7+. The summed E-state index contributed by atoms with van der Waals surface area (Å²) in [5, 5.41) is 3.25. The molecule has 1 nitrogen and oxygen atoms in total. The first-order valence-corrected chi connectivity index (χ1v) is 3.81. The van der Waals surface area contributed by atoms with Gasteiger partial charge in [0.25, 0.3) is 0 Å². The number of allylic oxidation sites excluding steroid dienone is 2. The van der Waals surface area contributed by atoms with Crippen molar-refractivity contribution in [3.8, 4) is 0 Å². The lowest BCUT2D eigenvalue weighted by Crippen LogP contribution is -2.12. The lowest BCUT2D eigenvalue weighted by atomic mass is 10.2. The Bertz CT molecular complexity index is 114. The molecule has 0 aromatic heterocycles. The predicted octanol–water partition coefficient (Wildman–Crippen LogP) is 2.12. The van der Waals surface area contributed by atoms with Crippen LogP contribution in [0, 0.1) is 0 Å². The smallest absolute Gasteiger partial charge is 0.00142 e. The first kappa shape index (κ1) is 9.44. The molecule has 0 saturated heterocycles. The third kappa shape index (κ3) is 5.57. The topological polar surface area (TPSA) is 12.0 Å². The molecule has 0 aliphatic heterocycles. The van der Waals surface area contributed by atoms with Gasteiger partial charge in [0.2, 0.25) is 0 Å². The van der Waals surface area contributed by atoms with E-state index in [2.05, 4.69) is 31.8 Å². The van der Waals surface area contributed by atoms with Gasteiger partial charge in [-0.05, 0) is 26.4 Å². The van der Waals surface area contributed by atoms with Crippen LogP contribution < -0.4 is 5.32 Å². The van der Waals surface area contributed by atoms with Gasteiger partial charge in [0.1, 0.15) is 0 Å². The Morgan fingerprint density at radius 3 is 2.80 bits per heavy atom. The minimum atomic E-state index is 1.06. The maximum absolute atomic E-state index is 3.67. The Labute approximate surface area is 63.8 Å². The monoisotopic (exact) mass is 139 g/mol. The molecule has 0 unspecified atom stereocenters. The first-order valence-electron chi connectivity index (χ1n) is 3.81. The number of nitrogens with one attached hydrogen (secondary N) is 1. The minimum absolute atomic E-state index is 1.06. The van der Waals surface area contributed by atoms with Crippen LogP contribution in [0.3, 0.4) is 0 Å². The fourth-order valence-corrected chi connectivity index (χ4v) is 0.662. The maximum Gasteiger partial charge on any atom is -0.00142 e. The van der Waals surface area contributed by atoms with Crippen molar-refractivity contribution in [2.24, 2.45) is 0 Å². The highest BCUT2D eigenvalue weighted by molar-refractivity contribution is 5.12. The molecule has 0 aromatic carbocycles. The number of rotatable bonds is 5. The second-order valence-electron chi connectivity index (χ2n) is 2.29.